The maximum atomic E-state index is 13.6. The van der Waals surface area contributed by atoms with Crippen molar-refractivity contribution in [1.29, 1.82) is 0 Å². The van der Waals surface area contributed by atoms with E-state index in [0.717, 1.165) is 0 Å². The van der Waals surface area contributed by atoms with Crippen LogP contribution in [-0.2, 0) is 4.74 Å². The van der Waals surface area contributed by atoms with Gasteiger partial charge in [0.2, 0.25) is 5.88 Å². The summed E-state index contributed by atoms with van der Waals surface area (Å²) < 4.78 is 49.5. The molecule has 3 rings (SSSR count). The number of methoxy groups -OCH3 is 1. The molecule has 2 atom stereocenters. The van der Waals surface area contributed by atoms with Crippen molar-refractivity contribution in [3.63, 3.8) is 0 Å². The summed E-state index contributed by atoms with van der Waals surface area (Å²) in [6.07, 6.45) is -4.39. The number of hydrogen-bond acceptors (Lipinski definition) is 7. The predicted octanol–water partition coefficient (Wildman–Crippen LogP) is 4.01. The van der Waals surface area contributed by atoms with Crippen LogP contribution in [0, 0.1) is 0 Å². The quantitative estimate of drug-likeness (QED) is 0.485. The Hall–Kier alpha value is -3.34. The molecule has 2 heterocycles. The first-order valence-corrected chi connectivity index (χ1v) is 10.3. The van der Waals surface area contributed by atoms with E-state index in [1.54, 1.807) is 32.2 Å². The Labute approximate surface area is 188 Å². The third-order valence-corrected chi connectivity index (χ3v) is 5.35. The Morgan fingerprint density at radius 1 is 1.21 bits per heavy atom. The zero-order valence-corrected chi connectivity index (χ0v) is 18.7. The summed E-state index contributed by atoms with van der Waals surface area (Å²) >= 11 is 0. The van der Waals surface area contributed by atoms with Crippen molar-refractivity contribution in [2.75, 3.05) is 31.8 Å². The number of nitrogens with two attached hydrogens (primary N) is 1. The molecule has 0 saturated carbocycles. The van der Waals surface area contributed by atoms with E-state index in [0.29, 0.717) is 28.9 Å². The summed E-state index contributed by atoms with van der Waals surface area (Å²) in [5.74, 6) is -0.257. The summed E-state index contributed by atoms with van der Waals surface area (Å²) in [4.78, 5) is 22.3. The van der Waals surface area contributed by atoms with Crippen LogP contribution in [-0.4, -0.2) is 47.6 Å². The molecule has 0 saturated heterocycles. The Bertz CT molecular complexity index is 1200. The lowest BCUT2D eigenvalue weighted by atomic mass is 10.1. The van der Waals surface area contributed by atoms with Gasteiger partial charge in [-0.1, -0.05) is 13.0 Å². The van der Waals surface area contributed by atoms with Crippen molar-refractivity contribution in [2.24, 2.45) is 0 Å². The molecule has 0 aliphatic carbocycles. The third-order valence-electron chi connectivity index (χ3n) is 5.35. The number of rotatable bonds is 8. The van der Waals surface area contributed by atoms with E-state index in [2.05, 4.69) is 15.3 Å². The van der Waals surface area contributed by atoms with E-state index in [-0.39, 0.29) is 23.3 Å². The maximum absolute atomic E-state index is 13.6. The highest BCUT2D eigenvalue weighted by molar-refractivity contribution is 5.78. The summed E-state index contributed by atoms with van der Waals surface area (Å²) in [5.41, 5.74) is 7.77. The van der Waals surface area contributed by atoms with Crippen molar-refractivity contribution >= 4 is 22.5 Å². The number of anilines is 2. The number of pyridine rings is 1. The lowest BCUT2D eigenvalue weighted by molar-refractivity contribution is -0.154. The van der Waals surface area contributed by atoms with Crippen LogP contribution in [0.3, 0.4) is 0 Å². The van der Waals surface area contributed by atoms with E-state index in [9.17, 15) is 18.0 Å². The fourth-order valence-corrected chi connectivity index (χ4v) is 3.60. The summed E-state index contributed by atoms with van der Waals surface area (Å²) in [7, 11) is 3.23. The van der Waals surface area contributed by atoms with Crippen LogP contribution in [0.4, 0.5) is 24.5 Å². The number of aromatic nitrogens is 3. The first-order valence-electron chi connectivity index (χ1n) is 10.3. The van der Waals surface area contributed by atoms with Gasteiger partial charge in [-0.2, -0.15) is 18.2 Å². The van der Waals surface area contributed by atoms with Crippen LogP contribution in [0.1, 0.15) is 26.3 Å². The predicted molar refractivity (Wildman–Crippen MR) is 121 cm³/mol. The number of fused-ring (bicyclic) bond motifs is 1. The molecular formula is C22H26F3N5O3. The zero-order chi connectivity index (χ0) is 24.3. The Balaban J connectivity index is 2.27. The van der Waals surface area contributed by atoms with E-state index in [4.69, 9.17) is 15.2 Å². The van der Waals surface area contributed by atoms with E-state index in [1.165, 1.54) is 23.8 Å². The Morgan fingerprint density at radius 2 is 1.94 bits per heavy atom. The molecular weight excluding hydrogens is 439 g/mol. The molecule has 2 aromatic heterocycles. The SMILES string of the molecule is CCC([C@H](C)OC)n1c(=O)c(-c2ccc(N)c(NC)c2)nc2ccc(OCC(F)(F)F)nc21. The zero-order valence-electron chi connectivity index (χ0n) is 18.7. The fourth-order valence-electron chi connectivity index (χ4n) is 3.60. The van der Waals surface area contributed by atoms with Crippen molar-refractivity contribution < 1.29 is 22.6 Å². The standard InChI is InChI=1S/C22H26F3N5O3/c1-5-17(12(2)32-4)30-20-15(8-9-18(29-20)33-11-22(23,24)25)28-19(21(30)31)13-6-7-14(26)16(10-13)27-3/h6-10,12,17,27H,5,11,26H2,1-4H3/t12-,17?/m0/s1. The molecule has 0 radical (unpaired) electrons. The number of benzene rings is 1. The minimum absolute atomic E-state index is 0.114. The van der Waals surface area contributed by atoms with Gasteiger partial charge in [-0.25, -0.2) is 4.98 Å². The Kier molecular flexibility index (Phi) is 7.11. The van der Waals surface area contributed by atoms with Crippen molar-refractivity contribution in [3.05, 3.63) is 40.7 Å². The van der Waals surface area contributed by atoms with E-state index >= 15 is 0 Å². The first-order chi connectivity index (χ1) is 15.6. The second-order valence-electron chi connectivity index (χ2n) is 7.50. The number of alkyl halides is 3. The molecule has 1 unspecified atom stereocenters. The molecule has 0 bridgehead atoms. The average Bonchev–Trinajstić information content (AvgIpc) is 2.79. The van der Waals surface area contributed by atoms with Gasteiger partial charge in [-0.3, -0.25) is 9.36 Å². The maximum Gasteiger partial charge on any atom is 0.422 e. The highest BCUT2D eigenvalue weighted by Crippen LogP contribution is 2.28. The first kappa shape index (κ1) is 24.3. The van der Waals surface area contributed by atoms with Gasteiger partial charge < -0.3 is 20.5 Å². The van der Waals surface area contributed by atoms with Crippen LogP contribution in [0.2, 0.25) is 0 Å². The summed E-state index contributed by atoms with van der Waals surface area (Å²) in [6, 6.07) is 7.39. The second kappa shape index (κ2) is 9.65. The molecule has 0 spiro atoms. The minimum Gasteiger partial charge on any atom is -0.468 e. The molecule has 0 amide bonds. The van der Waals surface area contributed by atoms with E-state index in [1.807, 2.05) is 6.92 Å². The largest absolute Gasteiger partial charge is 0.468 e. The lowest BCUT2D eigenvalue weighted by Crippen LogP contribution is -2.34. The number of nitrogen functional groups attached to an aromatic ring is 1. The molecule has 8 nitrogen and oxygen atoms in total. The molecule has 0 fully saturated rings. The number of halogens is 3. The monoisotopic (exact) mass is 465 g/mol. The highest BCUT2D eigenvalue weighted by Gasteiger charge is 2.29. The molecule has 3 aromatic rings. The van der Waals surface area contributed by atoms with Gasteiger partial charge in [0.25, 0.3) is 5.56 Å². The molecule has 0 aliphatic rings. The van der Waals surface area contributed by atoms with Gasteiger partial charge in [0.1, 0.15) is 11.2 Å². The normalized spacial score (nSPS) is 13.7. The molecule has 0 aliphatic heterocycles. The van der Waals surface area contributed by atoms with Gasteiger partial charge in [-0.15, -0.1) is 0 Å². The van der Waals surface area contributed by atoms with Gasteiger partial charge in [-0.05, 0) is 31.5 Å². The number of hydrogen-bond donors (Lipinski definition) is 2. The van der Waals surface area contributed by atoms with Gasteiger partial charge in [0.15, 0.2) is 12.3 Å². The van der Waals surface area contributed by atoms with Crippen LogP contribution in [0.15, 0.2) is 35.1 Å². The van der Waals surface area contributed by atoms with Crippen molar-refractivity contribution in [3.8, 4) is 17.1 Å². The molecule has 33 heavy (non-hydrogen) atoms. The summed E-state index contributed by atoms with van der Waals surface area (Å²) in [6.45, 7) is 2.19. The van der Waals surface area contributed by atoms with Gasteiger partial charge in [0.05, 0.1) is 23.5 Å². The van der Waals surface area contributed by atoms with Crippen LogP contribution < -0.4 is 21.3 Å². The third kappa shape index (κ3) is 5.19. The minimum atomic E-state index is -4.52. The van der Waals surface area contributed by atoms with Crippen LogP contribution in [0.5, 0.6) is 5.88 Å². The molecule has 1 aromatic carbocycles. The average molecular weight is 465 g/mol. The number of nitrogens with one attached hydrogen (secondary N) is 1. The second-order valence-corrected chi connectivity index (χ2v) is 7.50. The van der Waals surface area contributed by atoms with Crippen LogP contribution in [0.25, 0.3) is 22.4 Å². The number of nitrogens with zero attached hydrogens (tertiary/aromatic N) is 3. The molecule has 11 heteroatoms. The lowest BCUT2D eigenvalue weighted by Gasteiger charge is -2.25. The highest BCUT2D eigenvalue weighted by atomic mass is 19.4. The molecule has 3 N–H and O–H groups in total. The summed E-state index contributed by atoms with van der Waals surface area (Å²) in [5, 5.41) is 2.97. The fraction of sp³-hybridized carbons (Fsp3) is 0.409. The number of ether oxygens (including phenoxy) is 2. The van der Waals surface area contributed by atoms with Crippen molar-refractivity contribution in [1.82, 2.24) is 14.5 Å². The van der Waals surface area contributed by atoms with E-state index < -0.39 is 24.4 Å². The molecule has 178 valence electrons. The Morgan fingerprint density at radius 3 is 2.55 bits per heavy atom. The van der Waals surface area contributed by atoms with Gasteiger partial charge >= 0.3 is 6.18 Å². The topological polar surface area (TPSA) is 104 Å². The van der Waals surface area contributed by atoms with Gasteiger partial charge in [0, 0.05) is 25.8 Å². The smallest absolute Gasteiger partial charge is 0.422 e. The van der Waals surface area contributed by atoms with Crippen molar-refractivity contribution in [2.45, 2.75) is 38.6 Å². The van der Waals surface area contributed by atoms with Crippen LogP contribution >= 0.6 is 0 Å².